The average molecular weight is 191 g/mol. The summed E-state index contributed by atoms with van der Waals surface area (Å²) in [5, 5.41) is 0. The van der Waals surface area contributed by atoms with E-state index in [4.69, 9.17) is 10.2 Å². The molecule has 66 valence electrons. The van der Waals surface area contributed by atoms with E-state index in [-0.39, 0.29) is 0 Å². The minimum Gasteiger partial charge on any atom is -0.441 e. The molecular formula is C10H9NOS. The third-order valence-electron chi connectivity index (χ3n) is 1.80. The molecule has 2 nitrogen and oxygen atoms in total. The standard InChI is InChI=1S/C10H9NOS/c11-10-6-5-8(12-10)7-3-1-2-4-9(7)13/h1-6,13H,11H2. The minimum atomic E-state index is 0.423. The Morgan fingerprint density at radius 1 is 1.08 bits per heavy atom. The van der Waals surface area contributed by atoms with E-state index in [1.807, 2.05) is 30.3 Å². The van der Waals surface area contributed by atoms with Crippen molar-refractivity contribution in [3.05, 3.63) is 36.4 Å². The Balaban J connectivity index is 2.52. The lowest BCUT2D eigenvalue weighted by molar-refractivity contribution is 0.601. The third-order valence-corrected chi connectivity index (χ3v) is 2.19. The van der Waals surface area contributed by atoms with Crippen molar-refractivity contribution in [2.75, 3.05) is 5.73 Å². The fraction of sp³-hybridized carbons (Fsp3) is 0. The number of rotatable bonds is 1. The maximum atomic E-state index is 5.47. The molecule has 2 aromatic rings. The summed E-state index contributed by atoms with van der Waals surface area (Å²) in [6.45, 7) is 0. The van der Waals surface area contributed by atoms with Gasteiger partial charge in [0, 0.05) is 16.5 Å². The van der Waals surface area contributed by atoms with E-state index < -0.39 is 0 Å². The van der Waals surface area contributed by atoms with Crippen molar-refractivity contribution in [3.63, 3.8) is 0 Å². The molecule has 0 saturated carbocycles. The highest BCUT2D eigenvalue weighted by molar-refractivity contribution is 7.80. The van der Waals surface area contributed by atoms with E-state index in [1.54, 1.807) is 6.07 Å². The van der Waals surface area contributed by atoms with Gasteiger partial charge in [-0.3, -0.25) is 0 Å². The van der Waals surface area contributed by atoms with Crippen LogP contribution in [0.2, 0.25) is 0 Å². The van der Waals surface area contributed by atoms with Gasteiger partial charge in [-0.1, -0.05) is 18.2 Å². The smallest absolute Gasteiger partial charge is 0.190 e. The number of hydrogen-bond donors (Lipinski definition) is 2. The van der Waals surface area contributed by atoms with Crippen molar-refractivity contribution in [2.45, 2.75) is 4.90 Å². The van der Waals surface area contributed by atoms with Crippen molar-refractivity contribution in [1.29, 1.82) is 0 Å². The molecule has 13 heavy (non-hydrogen) atoms. The molecule has 0 unspecified atom stereocenters. The molecule has 0 fully saturated rings. The number of thiol groups is 1. The predicted molar refractivity (Wildman–Crippen MR) is 55.8 cm³/mol. The van der Waals surface area contributed by atoms with Gasteiger partial charge in [-0.2, -0.15) is 0 Å². The molecule has 2 rings (SSSR count). The molecule has 0 aliphatic rings. The zero-order chi connectivity index (χ0) is 9.26. The SMILES string of the molecule is Nc1ccc(-c2ccccc2S)o1. The topological polar surface area (TPSA) is 39.2 Å². The fourth-order valence-corrected chi connectivity index (χ4v) is 1.45. The second kappa shape index (κ2) is 3.18. The van der Waals surface area contributed by atoms with Gasteiger partial charge in [0.2, 0.25) is 0 Å². The quantitative estimate of drug-likeness (QED) is 0.680. The fourth-order valence-electron chi connectivity index (χ4n) is 1.18. The Morgan fingerprint density at radius 2 is 1.85 bits per heavy atom. The molecule has 2 N–H and O–H groups in total. The first-order valence-electron chi connectivity index (χ1n) is 3.91. The van der Waals surface area contributed by atoms with E-state index in [2.05, 4.69) is 12.6 Å². The Hall–Kier alpha value is -1.35. The lowest BCUT2D eigenvalue weighted by Crippen LogP contribution is -1.78. The van der Waals surface area contributed by atoms with Crippen LogP contribution < -0.4 is 5.73 Å². The summed E-state index contributed by atoms with van der Waals surface area (Å²) in [5.41, 5.74) is 6.44. The van der Waals surface area contributed by atoms with Crippen LogP contribution in [0.3, 0.4) is 0 Å². The van der Waals surface area contributed by atoms with Crippen LogP contribution in [-0.2, 0) is 0 Å². The largest absolute Gasteiger partial charge is 0.441 e. The van der Waals surface area contributed by atoms with Gasteiger partial charge in [-0.25, -0.2) is 0 Å². The van der Waals surface area contributed by atoms with Crippen LogP contribution >= 0.6 is 12.6 Å². The van der Waals surface area contributed by atoms with E-state index >= 15 is 0 Å². The van der Waals surface area contributed by atoms with Crippen molar-refractivity contribution in [2.24, 2.45) is 0 Å². The number of anilines is 1. The van der Waals surface area contributed by atoms with Gasteiger partial charge in [-0.15, -0.1) is 12.6 Å². The predicted octanol–water partition coefficient (Wildman–Crippen LogP) is 2.82. The lowest BCUT2D eigenvalue weighted by atomic mass is 10.2. The highest BCUT2D eigenvalue weighted by atomic mass is 32.1. The maximum Gasteiger partial charge on any atom is 0.190 e. The highest BCUT2D eigenvalue weighted by Crippen LogP contribution is 2.28. The van der Waals surface area contributed by atoms with E-state index in [0.717, 1.165) is 16.2 Å². The molecule has 0 aliphatic carbocycles. The minimum absolute atomic E-state index is 0.423. The van der Waals surface area contributed by atoms with Crippen molar-refractivity contribution in [1.82, 2.24) is 0 Å². The van der Waals surface area contributed by atoms with Crippen LogP contribution in [0.5, 0.6) is 0 Å². The number of nitrogen functional groups attached to an aromatic ring is 1. The molecule has 0 amide bonds. The summed E-state index contributed by atoms with van der Waals surface area (Å²) in [4.78, 5) is 0.886. The first kappa shape index (κ1) is 8.26. The van der Waals surface area contributed by atoms with E-state index in [0.29, 0.717) is 5.88 Å². The summed E-state index contributed by atoms with van der Waals surface area (Å²) in [6.07, 6.45) is 0. The molecule has 3 heteroatoms. The highest BCUT2D eigenvalue weighted by Gasteiger charge is 2.04. The Kier molecular flexibility index (Phi) is 2.02. The molecule has 0 saturated heterocycles. The first-order valence-corrected chi connectivity index (χ1v) is 4.36. The number of nitrogens with two attached hydrogens (primary N) is 1. The van der Waals surface area contributed by atoms with Gasteiger partial charge in [0.1, 0.15) is 5.76 Å². The van der Waals surface area contributed by atoms with Crippen LogP contribution in [0.4, 0.5) is 5.88 Å². The molecule has 0 atom stereocenters. The van der Waals surface area contributed by atoms with Gasteiger partial charge in [-0.05, 0) is 12.1 Å². The maximum absolute atomic E-state index is 5.47. The summed E-state index contributed by atoms with van der Waals surface area (Å²) >= 11 is 4.32. The van der Waals surface area contributed by atoms with Crippen molar-refractivity contribution in [3.8, 4) is 11.3 Å². The van der Waals surface area contributed by atoms with Crippen molar-refractivity contribution >= 4 is 18.5 Å². The van der Waals surface area contributed by atoms with Gasteiger partial charge in [0.05, 0.1) is 0 Å². The average Bonchev–Trinajstić information content (AvgIpc) is 2.53. The van der Waals surface area contributed by atoms with Crippen LogP contribution in [0.15, 0.2) is 45.7 Å². The van der Waals surface area contributed by atoms with Crippen LogP contribution in [-0.4, -0.2) is 0 Å². The molecule has 1 aromatic carbocycles. The Bertz CT molecular complexity index is 422. The summed E-state index contributed by atoms with van der Waals surface area (Å²) < 4.78 is 5.28. The molecule has 1 aromatic heterocycles. The summed E-state index contributed by atoms with van der Waals surface area (Å²) in [6, 6.07) is 11.3. The van der Waals surface area contributed by atoms with Gasteiger partial charge < -0.3 is 10.2 Å². The first-order chi connectivity index (χ1) is 6.27. The molecule has 1 heterocycles. The van der Waals surface area contributed by atoms with Gasteiger partial charge in [0.25, 0.3) is 0 Å². The van der Waals surface area contributed by atoms with Crippen LogP contribution in [0.25, 0.3) is 11.3 Å². The second-order valence-electron chi connectivity index (χ2n) is 2.72. The summed E-state index contributed by atoms with van der Waals surface area (Å²) in [5.74, 6) is 1.18. The Morgan fingerprint density at radius 3 is 2.46 bits per heavy atom. The van der Waals surface area contributed by atoms with Crippen LogP contribution in [0, 0.1) is 0 Å². The number of furan rings is 1. The van der Waals surface area contributed by atoms with Gasteiger partial charge in [0.15, 0.2) is 5.88 Å². The molecule has 0 spiro atoms. The summed E-state index contributed by atoms with van der Waals surface area (Å²) in [7, 11) is 0. The van der Waals surface area contributed by atoms with E-state index in [1.165, 1.54) is 0 Å². The monoisotopic (exact) mass is 191 g/mol. The molecular weight excluding hydrogens is 182 g/mol. The second-order valence-corrected chi connectivity index (χ2v) is 3.20. The molecule has 0 bridgehead atoms. The zero-order valence-electron chi connectivity index (χ0n) is 6.90. The number of hydrogen-bond acceptors (Lipinski definition) is 3. The molecule has 0 aliphatic heterocycles. The van der Waals surface area contributed by atoms with E-state index in [9.17, 15) is 0 Å². The zero-order valence-corrected chi connectivity index (χ0v) is 7.79. The van der Waals surface area contributed by atoms with Crippen molar-refractivity contribution < 1.29 is 4.42 Å². The van der Waals surface area contributed by atoms with Crippen LogP contribution in [0.1, 0.15) is 0 Å². The lowest BCUT2D eigenvalue weighted by Gasteiger charge is -1.99. The van der Waals surface area contributed by atoms with Gasteiger partial charge >= 0.3 is 0 Å². The Labute approximate surface area is 81.8 Å². The third kappa shape index (κ3) is 1.55. The number of benzene rings is 1. The normalized spacial score (nSPS) is 10.2. The molecule has 0 radical (unpaired) electrons.